The fourth-order valence-electron chi connectivity index (χ4n) is 5.56. The van der Waals surface area contributed by atoms with Crippen molar-refractivity contribution in [3.05, 3.63) is 35.9 Å². The zero-order chi connectivity index (χ0) is 46.8. The van der Waals surface area contributed by atoms with E-state index in [1.54, 1.807) is 114 Å². The van der Waals surface area contributed by atoms with Gasteiger partial charge in [-0.3, -0.25) is 19.2 Å². The maximum atomic E-state index is 13.7. The molecule has 0 saturated carbocycles. The van der Waals surface area contributed by atoms with Crippen LogP contribution in [0.1, 0.15) is 121 Å². The molecular formula is C45H71IO14Si. The molecule has 2 fully saturated rings. The summed E-state index contributed by atoms with van der Waals surface area (Å²) < 4.78 is 56.3. The molecule has 2 saturated heterocycles. The summed E-state index contributed by atoms with van der Waals surface area (Å²) in [6.07, 6.45) is -10.7. The molecule has 0 spiro atoms. The molecule has 3 rings (SSSR count). The van der Waals surface area contributed by atoms with Crippen molar-refractivity contribution < 1.29 is 66.3 Å². The summed E-state index contributed by atoms with van der Waals surface area (Å²) >= 11 is 2.18. The first-order valence-corrected chi connectivity index (χ1v) is 25.1. The van der Waals surface area contributed by atoms with Gasteiger partial charge in [-0.25, -0.2) is 4.79 Å². The van der Waals surface area contributed by atoms with Gasteiger partial charge in [0.1, 0.15) is 12.2 Å². The highest BCUT2D eigenvalue weighted by molar-refractivity contribution is 14.1. The van der Waals surface area contributed by atoms with Crippen molar-refractivity contribution in [1.29, 1.82) is 0 Å². The van der Waals surface area contributed by atoms with Crippen LogP contribution >= 0.6 is 22.6 Å². The molecule has 346 valence electrons. The van der Waals surface area contributed by atoms with Crippen molar-refractivity contribution in [3.63, 3.8) is 0 Å². The summed E-state index contributed by atoms with van der Waals surface area (Å²) in [6.45, 7) is 31.7. The van der Waals surface area contributed by atoms with E-state index in [1.807, 2.05) is 6.07 Å². The molecule has 0 aliphatic carbocycles. The van der Waals surface area contributed by atoms with Crippen molar-refractivity contribution in [2.75, 3.05) is 6.61 Å². The fourth-order valence-corrected chi connectivity index (χ4v) is 8.08. The number of carbonyl (C=O) groups excluding carboxylic acids is 5. The van der Waals surface area contributed by atoms with Crippen molar-refractivity contribution in [3.8, 4) is 0 Å². The van der Waals surface area contributed by atoms with E-state index in [1.165, 1.54) is 0 Å². The highest BCUT2D eigenvalue weighted by Crippen LogP contribution is 2.42. The Morgan fingerprint density at radius 1 is 0.574 bits per heavy atom. The average molecular weight is 991 g/mol. The molecule has 14 nitrogen and oxygen atoms in total. The quantitative estimate of drug-likeness (QED) is 0.0682. The zero-order valence-corrected chi connectivity index (χ0v) is 42.6. The molecule has 0 unspecified atom stereocenters. The largest absolute Gasteiger partial charge is 0.455 e. The highest BCUT2D eigenvalue weighted by Gasteiger charge is 2.57. The topological polar surface area (TPSA) is 168 Å². The first-order chi connectivity index (χ1) is 27.6. The minimum atomic E-state index is -2.51. The average Bonchev–Trinajstić information content (AvgIpc) is 3.10. The van der Waals surface area contributed by atoms with Gasteiger partial charge in [0.2, 0.25) is 12.4 Å². The van der Waals surface area contributed by atoms with Crippen LogP contribution in [0, 0.1) is 21.7 Å². The highest BCUT2D eigenvalue weighted by atomic mass is 127. The SMILES string of the molecule is C[C@H]1O[C@H](OC[C@H]2O[C@@H](OC(=O)C(C)(C)C)[C@@H](OC(=O)C(C)(C)C)[C@@H](OC(=O)C(C)(C)C)[C@@H]2OC(=O)C(C)(C)C)[C@@H](I)[C@@H](O[Si](C)(C)C(C)(C)C)[C@@H]1OC(=O)c1ccccc1. The van der Waals surface area contributed by atoms with E-state index in [-0.39, 0.29) is 11.6 Å². The second kappa shape index (κ2) is 19.6. The monoisotopic (exact) mass is 990 g/mol. The number of alkyl halides is 1. The van der Waals surface area contributed by atoms with Gasteiger partial charge >= 0.3 is 29.8 Å². The molecule has 1 aromatic carbocycles. The lowest BCUT2D eigenvalue weighted by Gasteiger charge is -2.48. The van der Waals surface area contributed by atoms with Crippen molar-refractivity contribution in [2.45, 2.75) is 188 Å². The van der Waals surface area contributed by atoms with E-state index in [0.29, 0.717) is 5.56 Å². The Morgan fingerprint density at radius 3 is 1.48 bits per heavy atom. The lowest BCUT2D eigenvalue weighted by Crippen LogP contribution is -2.65. The molecular weight excluding hydrogens is 919 g/mol. The minimum Gasteiger partial charge on any atom is -0.455 e. The number of hydrogen-bond donors (Lipinski definition) is 0. The number of esters is 5. The molecule has 0 aromatic heterocycles. The van der Waals surface area contributed by atoms with E-state index >= 15 is 0 Å². The van der Waals surface area contributed by atoms with Crippen LogP contribution in [0.15, 0.2) is 30.3 Å². The number of rotatable bonds is 11. The van der Waals surface area contributed by atoms with Gasteiger partial charge in [-0.2, -0.15) is 0 Å². The summed E-state index contributed by atoms with van der Waals surface area (Å²) in [6, 6.07) is 8.67. The maximum Gasteiger partial charge on any atom is 0.338 e. The maximum absolute atomic E-state index is 13.7. The van der Waals surface area contributed by atoms with Crippen LogP contribution in [0.4, 0.5) is 0 Å². The summed E-state index contributed by atoms with van der Waals surface area (Å²) in [7, 11) is -2.51. The van der Waals surface area contributed by atoms with Crippen LogP contribution in [0.5, 0.6) is 0 Å². The van der Waals surface area contributed by atoms with Gasteiger partial charge in [0.05, 0.1) is 43.9 Å². The van der Waals surface area contributed by atoms with Crippen molar-refractivity contribution in [1.82, 2.24) is 0 Å². The summed E-state index contributed by atoms with van der Waals surface area (Å²) in [4.78, 5) is 68.0. The van der Waals surface area contributed by atoms with Crippen LogP contribution in [0.25, 0.3) is 0 Å². The predicted molar refractivity (Wildman–Crippen MR) is 238 cm³/mol. The van der Waals surface area contributed by atoms with E-state index in [9.17, 15) is 24.0 Å². The van der Waals surface area contributed by atoms with Crippen LogP contribution in [0.3, 0.4) is 0 Å². The molecule has 2 aliphatic heterocycles. The van der Waals surface area contributed by atoms with Crippen molar-refractivity contribution in [2.24, 2.45) is 21.7 Å². The number of hydrogen-bond acceptors (Lipinski definition) is 14. The molecule has 0 amide bonds. The number of benzene rings is 1. The van der Waals surface area contributed by atoms with Gasteiger partial charge in [-0.1, -0.05) is 61.6 Å². The second-order valence-electron chi connectivity index (χ2n) is 21.6. The van der Waals surface area contributed by atoms with E-state index in [0.717, 1.165) is 0 Å². The third-order valence-corrected chi connectivity index (χ3v) is 16.4. The second-order valence-corrected chi connectivity index (χ2v) is 27.8. The lowest BCUT2D eigenvalue weighted by molar-refractivity contribution is -0.316. The van der Waals surface area contributed by atoms with Crippen LogP contribution in [-0.2, 0) is 61.5 Å². The van der Waals surface area contributed by atoms with Gasteiger partial charge in [0.15, 0.2) is 32.9 Å². The lowest BCUT2D eigenvalue weighted by atomic mass is 9.93. The minimum absolute atomic E-state index is 0.207. The predicted octanol–water partition coefficient (Wildman–Crippen LogP) is 8.36. The standard InChI is InChI=1S/C45H71IO14Si/c1-25-29(55-34(47)26-22-20-19-21-23-26)31(60-61(17,18)45(14,15)16)28(46)35(53-25)52-24-27-30(56-37(48)41(2,3)4)32(57-38(49)42(5,6)7)33(58-39(50)43(8,9)10)36(54-27)59-40(51)44(11,12)13/h19-23,25,27-33,35-36H,24H2,1-18H3/t25-,27-,28+,29-,30-,31-,32+,33+,35+,36+/m1/s1. The Kier molecular flexibility index (Phi) is 17.0. The van der Waals surface area contributed by atoms with Crippen LogP contribution in [-0.4, -0.2) is 104 Å². The van der Waals surface area contributed by atoms with Gasteiger partial charge in [0.25, 0.3) is 0 Å². The third-order valence-electron chi connectivity index (χ3n) is 10.6. The van der Waals surface area contributed by atoms with Crippen molar-refractivity contribution >= 4 is 60.8 Å². The molecule has 61 heavy (non-hydrogen) atoms. The smallest absolute Gasteiger partial charge is 0.338 e. The Balaban J connectivity index is 2.14. The Morgan fingerprint density at radius 2 is 1.02 bits per heavy atom. The number of halogens is 1. The molecule has 1 aromatic rings. The van der Waals surface area contributed by atoms with E-state index < -0.39 is 119 Å². The van der Waals surface area contributed by atoms with E-state index in [4.69, 9.17) is 42.3 Å². The number of carbonyl (C=O) groups is 5. The Hall–Kier alpha value is -2.64. The summed E-state index contributed by atoms with van der Waals surface area (Å²) in [5.74, 6) is -3.31. The molecule has 0 N–H and O–H groups in total. The van der Waals surface area contributed by atoms with Crippen LogP contribution in [0.2, 0.25) is 18.1 Å². The molecule has 16 heteroatoms. The molecule has 2 heterocycles. The molecule has 10 atom stereocenters. The normalized spacial score (nSPS) is 28.0. The van der Waals surface area contributed by atoms with E-state index in [2.05, 4.69) is 56.5 Å². The molecule has 0 radical (unpaired) electrons. The van der Waals surface area contributed by atoms with Gasteiger partial charge in [-0.15, -0.1) is 0 Å². The Labute approximate surface area is 377 Å². The fraction of sp³-hybridized carbons (Fsp3) is 0.756. The van der Waals surface area contributed by atoms with Gasteiger partial charge in [0, 0.05) is 0 Å². The Bertz CT molecular complexity index is 1700. The summed E-state index contributed by atoms with van der Waals surface area (Å²) in [5, 5.41) is -0.207. The first kappa shape index (κ1) is 52.7. The summed E-state index contributed by atoms with van der Waals surface area (Å²) in [5.41, 5.74) is -3.78. The number of ether oxygens (including phenoxy) is 8. The third kappa shape index (κ3) is 13.9. The van der Waals surface area contributed by atoms with Gasteiger partial charge < -0.3 is 42.3 Å². The molecule has 2 aliphatic rings. The zero-order valence-electron chi connectivity index (χ0n) is 39.5. The van der Waals surface area contributed by atoms with Crippen LogP contribution < -0.4 is 0 Å². The molecule has 0 bridgehead atoms. The first-order valence-electron chi connectivity index (χ1n) is 20.9. The van der Waals surface area contributed by atoms with Gasteiger partial charge in [-0.05, 0) is 120 Å².